The van der Waals surface area contributed by atoms with Crippen molar-refractivity contribution in [3.8, 4) is 0 Å². The van der Waals surface area contributed by atoms with Crippen molar-refractivity contribution in [2.24, 2.45) is 0 Å². The third-order valence-electron chi connectivity index (χ3n) is 6.44. The lowest BCUT2D eigenvalue weighted by molar-refractivity contribution is -0.356. The Hall–Kier alpha value is -1.91. The van der Waals surface area contributed by atoms with Gasteiger partial charge in [0, 0.05) is 13.8 Å². The van der Waals surface area contributed by atoms with Crippen molar-refractivity contribution >= 4 is 18.1 Å². The van der Waals surface area contributed by atoms with Gasteiger partial charge >= 0.3 is 0 Å². The average molecular weight is 587 g/mol. The van der Waals surface area contributed by atoms with Gasteiger partial charge in [0.25, 0.3) is 0 Å². The lowest BCUT2D eigenvalue weighted by atomic mass is 9.95. The van der Waals surface area contributed by atoms with Crippen LogP contribution in [0.5, 0.6) is 0 Å². The zero-order valence-electron chi connectivity index (χ0n) is 21.7. The molecule has 0 aromatic rings. The molecule has 0 spiro atoms. The molecule has 14 atom stereocenters. The van der Waals surface area contributed by atoms with Gasteiger partial charge in [0.1, 0.15) is 79.4 Å². The van der Waals surface area contributed by atoms with Gasteiger partial charge in [0.05, 0.1) is 19.8 Å². The minimum absolute atomic E-state index is 0.149. The van der Waals surface area contributed by atoms with Crippen molar-refractivity contribution in [2.45, 2.75) is 99.6 Å². The van der Waals surface area contributed by atoms with E-state index in [1.165, 1.54) is 0 Å². The zero-order valence-corrected chi connectivity index (χ0v) is 21.7. The molecule has 0 aliphatic carbocycles. The predicted octanol–water partition coefficient (Wildman–Crippen LogP) is -7.44. The second kappa shape index (κ2) is 15.4. The number of rotatable bonds is 13. The SMILES string of the molecule is CC(=O)N[C@H]1[C@H](O[C@H]2[C@@H](O)[C@@H](CO)O[C@@H](O[C@@H]([C@H](O)[C@H](O)CO)[C@H](C=O)NC(C)=O)[C@@H]2O)O[C@H](CO)[C@H](O)[C@@H]1O. The van der Waals surface area contributed by atoms with Gasteiger partial charge in [-0.25, -0.2) is 0 Å². The van der Waals surface area contributed by atoms with Crippen molar-refractivity contribution < 1.29 is 79.3 Å². The quantitative estimate of drug-likeness (QED) is 0.0893. The van der Waals surface area contributed by atoms with Crippen LogP contribution in [0.2, 0.25) is 0 Å². The van der Waals surface area contributed by atoms with E-state index >= 15 is 0 Å². The largest absolute Gasteiger partial charge is 0.394 e. The molecule has 18 nitrogen and oxygen atoms in total. The molecule has 40 heavy (non-hydrogen) atoms. The molecule has 18 heteroatoms. The van der Waals surface area contributed by atoms with Gasteiger partial charge in [-0.15, -0.1) is 0 Å². The Morgan fingerprint density at radius 2 is 1.45 bits per heavy atom. The molecule has 0 radical (unpaired) electrons. The molecule has 2 aliphatic heterocycles. The van der Waals surface area contributed by atoms with E-state index in [1.807, 2.05) is 0 Å². The number of carbonyl (C=O) groups excluding carboxylic acids is 3. The first-order valence-electron chi connectivity index (χ1n) is 12.3. The predicted molar refractivity (Wildman–Crippen MR) is 126 cm³/mol. The number of amides is 2. The fourth-order valence-corrected chi connectivity index (χ4v) is 4.36. The van der Waals surface area contributed by atoms with E-state index in [0.29, 0.717) is 0 Å². The second-order valence-corrected chi connectivity index (χ2v) is 9.44. The first-order chi connectivity index (χ1) is 18.8. The number of aliphatic hydroxyl groups excluding tert-OH is 9. The Morgan fingerprint density at radius 1 is 0.875 bits per heavy atom. The van der Waals surface area contributed by atoms with Crippen LogP contribution in [-0.4, -0.2) is 170 Å². The van der Waals surface area contributed by atoms with Crippen LogP contribution in [0.3, 0.4) is 0 Å². The van der Waals surface area contributed by atoms with Crippen LogP contribution >= 0.6 is 0 Å². The van der Waals surface area contributed by atoms with Gasteiger partial charge in [0.2, 0.25) is 11.8 Å². The van der Waals surface area contributed by atoms with E-state index in [0.717, 1.165) is 13.8 Å². The highest BCUT2D eigenvalue weighted by atomic mass is 16.7. The lowest BCUT2D eigenvalue weighted by Gasteiger charge is -2.47. The van der Waals surface area contributed by atoms with Gasteiger partial charge < -0.3 is 80.3 Å². The molecule has 232 valence electrons. The Balaban J connectivity index is 2.39. The monoisotopic (exact) mass is 586 g/mol. The smallest absolute Gasteiger partial charge is 0.217 e. The molecule has 2 amide bonds. The van der Waals surface area contributed by atoms with E-state index in [2.05, 4.69) is 10.6 Å². The highest BCUT2D eigenvalue weighted by molar-refractivity contribution is 5.77. The summed E-state index contributed by atoms with van der Waals surface area (Å²) in [5.41, 5.74) is 0. The van der Waals surface area contributed by atoms with Crippen molar-refractivity contribution in [3.05, 3.63) is 0 Å². The van der Waals surface area contributed by atoms with Crippen LogP contribution in [0.4, 0.5) is 0 Å². The highest BCUT2D eigenvalue weighted by Gasteiger charge is 2.52. The molecule has 11 N–H and O–H groups in total. The number of hydrogen-bond acceptors (Lipinski definition) is 16. The number of carbonyl (C=O) groups is 3. The van der Waals surface area contributed by atoms with Crippen LogP contribution in [0.25, 0.3) is 0 Å². The molecule has 0 saturated carbocycles. The van der Waals surface area contributed by atoms with Crippen molar-refractivity contribution in [2.75, 3.05) is 19.8 Å². The first kappa shape index (κ1) is 34.3. The molecule has 2 fully saturated rings. The Bertz CT molecular complexity index is 837. The fourth-order valence-electron chi connectivity index (χ4n) is 4.36. The fraction of sp³-hybridized carbons (Fsp3) is 0.864. The number of hydrogen-bond donors (Lipinski definition) is 11. The summed E-state index contributed by atoms with van der Waals surface area (Å²) in [6.07, 6.45) is -21.2. The summed E-state index contributed by atoms with van der Waals surface area (Å²) in [6, 6.07) is -3.12. The van der Waals surface area contributed by atoms with Gasteiger partial charge in [-0.1, -0.05) is 0 Å². The minimum Gasteiger partial charge on any atom is -0.394 e. The average Bonchev–Trinajstić information content (AvgIpc) is 2.91. The van der Waals surface area contributed by atoms with Crippen LogP contribution < -0.4 is 10.6 Å². The van der Waals surface area contributed by atoms with Gasteiger partial charge in [-0.3, -0.25) is 9.59 Å². The summed E-state index contributed by atoms with van der Waals surface area (Å²) >= 11 is 0. The van der Waals surface area contributed by atoms with Crippen molar-refractivity contribution in [1.29, 1.82) is 0 Å². The summed E-state index contributed by atoms with van der Waals surface area (Å²) in [7, 11) is 0. The molecule has 2 saturated heterocycles. The van der Waals surface area contributed by atoms with Gasteiger partial charge in [-0.2, -0.15) is 0 Å². The molecule has 0 aromatic heterocycles. The minimum atomic E-state index is -2.03. The maximum Gasteiger partial charge on any atom is 0.217 e. The summed E-state index contributed by atoms with van der Waals surface area (Å²) in [4.78, 5) is 35.0. The van der Waals surface area contributed by atoms with Gasteiger partial charge in [-0.05, 0) is 0 Å². The standard InChI is InChI=1S/C22H38N2O16/c1-7(29)23-9(3-25)19(14(32)10(31)4-26)39-22-18(36)20(16(34)12(6-28)38-22)40-21-13(24-8(2)30)17(35)15(33)11(5-27)37-21/h3,9-22,26-28,31-36H,4-6H2,1-2H3,(H,23,29)(H,24,30)/t9-,10+,11+,12+,13+,14+,15-,16-,17+,18+,19+,20-,21-,22-/m0/s1. The first-order valence-corrected chi connectivity index (χ1v) is 12.3. The number of ether oxygens (including phenoxy) is 4. The summed E-state index contributed by atoms with van der Waals surface area (Å²) in [5.74, 6) is -1.43. The summed E-state index contributed by atoms with van der Waals surface area (Å²) in [6.45, 7) is -0.546. The maximum absolute atomic E-state index is 11.7. The topological polar surface area (TPSA) is 294 Å². The molecule has 0 bridgehead atoms. The molecule has 0 aromatic carbocycles. The van der Waals surface area contributed by atoms with Crippen LogP contribution in [-0.2, 0) is 33.3 Å². The molecule has 2 heterocycles. The van der Waals surface area contributed by atoms with Crippen molar-refractivity contribution in [1.82, 2.24) is 10.6 Å². The summed E-state index contributed by atoms with van der Waals surface area (Å²) in [5, 5.41) is 95.9. The number of aldehydes is 1. The number of aliphatic hydroxyl groups is 9. The second-order valence-electron chi connectivity index (χ2n) is 9.44. The molecule has 2 aliphatic rings. The van der Waals surface area contributed by atoms with E-state index < -0.39 is 117 Å². The molecule has 0 unspecified atom stereocenters. The van der Waals surface area contributed by atoms with Crippen LogP contribution in [0, 0.1) is 0 Å². The van der Waals surface area contributed by atoms with E-state index in [1.54, 1.807) is 0 Å². The van der Waals surface area contributed by atoms with Crippen LogP contribution in [0.1, 0.15) is 13.8 Å². The molecular weight excluding hydrogens is 548 g/mol. The maximum atomic E-state index is 11.7. The number of nitrogens with one attached hydrogen (secondary N) is 2. The Kier molecular flexibility index (Phi) is 13.2. The highest BCUT2D eigenvalue weighted by Crippen LogP contribution is 2.30. The molecular formula is C22H38N2O16. The van der Waals surface area contributed by atoms with E-state index in [9.17, 15) is 60.3 Å². The Morgan fingerprint density at radius 3 is 1.95 bits per heavy atom. The van der Waals surface area contributed by atoms with E-state index in [-0.39, 0.29) is 6.29 Å². The third-order valence-corrected chi connectivity index (χ3v) is 6.44. The van der Waals surface area contributed by atoms with Crippen molar-refractivity contribution in [3.63, 3.8) is 0 Å². The summed E-state index contributed by atoms with van der Waals surface area (Å²) < 4.78 is 22.0. The molecule has 2 rings (SSSR count). The lowest BCUT2D eigenvalue weighted by Crippen LogP contribution is -2.68. The van der Waals surface area contributed by atoms with Gasteiger partial charge in [0.15, 0.2) is 12.6 Å². The third kappa shape index (κ3) is 8.10. The van der Waals surface area contributed by atoms with E-state index in [4.69, 9.17) is 18.9 Å². The Labute approximate surface area is 228 Å². The normalized spacial score (nSPS) is 37.6. The van der Waals surface area contributed by atoms with Crippen LogP contribution in [0.15, 0.2) is 0 Å². The zero-order chi connectivity index (χ0) is 30.3.